The van der Waals surface area contributed by atoms with Crippen molar-refractivity contribution in [1.82, 2.24) is 20.3 Å². The molecule has 0 amide bonds. The second kappa shape index (κ2) is 7.13. The summed E-state index contributed by atoms with van der Waals surface area (Å²) in [5, 5.41) is 3.30. The van der Waals surface area contributed by atoms with Gasteiger partial charge >= 0.3 is 0 Å². The highest BCUT2D eigenvalue weighted by Crippen LogP contribution is 2.27. The van der Waals surface area contributed by atoms with Gasteiger partial charge < -0.3 is 14.8 Å². The van der Waals surface area contributed by atoms with Gasteiger partial charge in [0.1, 0.15) is 12.7 Å². The summed E-state index contributed by atoms with van der Waals surface area (Å²) >= 11 is 0. The zero-order valence-corrected chi connectivity index (χ0v) is 14.1. The first kappa shape index (κ1) is 15.9. The number of aryl methyl sites for hydroxylation is 1. The molecular formula is C19H20N4O2. The third kappa shape index (κ3) is 3.60. The fourth-order valence-electron chi connectivity index (χ4n) is 2.81. The third-order valence-electron chi connectivity index (χ3n) is 4.18. The van der Waals surface area contributed by atoms with Gasteiger partial charge in [-0.15, -0.1) is 0 Å². The number of nitrogens with one attached hydrogen (secondary N) is 1. The summed E-state index contributed by atoms with van der Waals surface area (Å²) < 4.78 is 11.7. The van der Waals surface area contributed by atoms with Crippen LogP contribution in [0.3, 0.4) is 0 Å². The van der Waals surface area contributed by atoms with Crippen LogP contribution in [0, 0.1) is 6.92 Å². The number of ether oxygens (including phenoxy) is 2. The van der Waals surface area contributed by atoms with Gasteiger partial charge in [0, 0.05) is 31.0 Å². The molecule has 1 N–H and O–H groups in total. The van der Waals surface area contributed by atoms with E-state index in [0.29, 0.717) is 24.6 Å². The third-order valence-corrected chi connectivity index (χ3v) is 4.18. The number of morpholine rings is 1. The molecule has 6 nitrogen and oxygen atoms in total. The first-order chi connectivity index (χ1) is 12.3. The molecule has 1 saturated heterocycles. The molecule has 0 aliphatic carbocycles. The molecular weight excluding hydrogens is 316 g/mol. The van der Waals surface area contributed by atoms with E-state index in [1.165, 1.54) is 5.56 Å². The molecule has 1 atom stereocenters. The molecule has 1 aliphatic heterocycles. The molecule has 3 aromatic rings. The fourth-order valence-corrected chi connectivity index (χ4v) is 2.81. The Balaban J connectivity index is 1.67. The molecule has 6 heteroatoms. The number of fused-ring (bicyclic) bond motifs is 1. The Bertz CT molecular complexity index is 861. The SMILES string of the molecule is Cc1ccc(-c2cc3nccnc3c(OC[C@@H]3CNCCO3)n2)cc1. The van der Waals surface area contributed by atoms with Crippen LogP contribution < -0.4 is 10.1 Å². The summed E-state index contributed by atoms with van der Waals surface area (Å²) in [6.45, 7) is 4.86. The average molecular weight is 336 g/mol. The molecule has 4 rings (SSSR count). The van der Waals surface area contributed by atoms with Crippen LogP contribution >= 0.6 is 0 Å². The second-order valence-electron chi connectivity index (χ2n) is 6.11. The normalized spacial score (nSPS) is 17.6. The number of hydrogen-bond acceptors (Lipinski definition) is 6. The molecule has 2 aromatic heterocycles. The van der Waals surface area contributed by atoms with Crippen molar-refractivity contribution >= 4 is 11.0 Å². The standard InChI is InChI=1S/C19H20N4O2/c1-13-2-4-14(5-3-13)16-10-17-18(22-7-6-21-17)19(23-16)25-12-15-11-20-8-9-24-15/h2-7,10,15,20H,8-9,11-12H2,1H3/t15-/m0/s1. The maximum Gasteiger partial charge on any atom is 0.242 e. The zero-order valence-electron chi connectivity index (χ0n) is 14.1. The summed E-state index contributed by atoms with van der Waals surface area (Å²) in [6.07, 6.45) is 3.35. The highest BCUT2D eigenvalue weighted by molar-refractivity contribution is 5.83. The van der Waals surface area contributed by atoms with E-state index in [2.05, 4.69) is 51.5 Å². The van der Waals surface area contributed by atoms with Gasteiger partial charge in [-0.05, 0) is 13.0 Å². The van der Waals surface area contributed by atoms with E-state index in [1.54, 1.807) is 12.4 Å². The lowest BCUT2D eigenvalue weighted by atomic mass is 10.1. The van der Waals surface area contributed by atoms with Crippen molar-refractivity contribution in [3.05, 3.63) is 48.3 Å². The maximum absolute atomic E-state index is 5.97. The number of nitrogens with zero attached hydrogens (tertiary/aromatic N) is 3. The van der Waals surface area contributed by atoms with Crippen molar-refractivity contribution < 1.29 is 9.47 Å². The molecule has 0 spiro atoms. The van der Waals surface area contributed by atoms with E-state index in [1.807, 2.05) is 6.07 Å². The second-order valence-corrected chi connectivity index (χ2v) is 6.11. The van der Waals surface area contributed by atoms with Crippen LogP contribution in [0.2, 0.25) is 0 Å². The van der Waals surface area contributed by atoms with Gasteiger partial charge in [0.2, 0.25) is 5.88 Å². The largest absolute Gasteiger partial charge is 0.473 e. The van der Waals surface area contributed by atoms with E-state index in [-0.39, 0.29) is 6.10 Å². The van der Waals surface area contributed by atoms with Crippen molar-refractivity contribution in [3.8, 4) is 17.1 Å². The van der Waals surface area contributed by atoms with Gasteiger partial charge in [0.05, 0.1) is 17.8 Å². The smallest absolute Gasteiger partial charge is 0.242 e. The highest BCUT2D eigenvalue weighted by Gasteiger charge is 2.17. The Kier molecular flexibility index (Phi) is 4.54. The fraction of sp³-hybridized carbons (Fsp3) is 0.316. The van der Waals surface area contributed by atoms with Crippen LogP contribution in [0.25, 0.3) is 22.3 Å². The Labute approximate surface area is 146 Å². The summed E-state index contributed by atoms with van der Waals surface area (Å²) in [7, 11) is 0. The summed E-state index contributed by atoms with van der Waals surface area (Å²) in [5.74, 6) is 0.496. The topological polar surface area (TPSA) is 69.2 Å². The van der Waals surface area contributed by atoms with Crippen molar-refractivity contribution in [2.75, 3.05) is 26.3 Å². The minimum Gasteiger partial charge on any atom is -0.473 e. The predicted octanol–water partition coefficient (Wildman–Crippen LogP) is 2.37. The molecule has 0 unspecified atom stereocenters. The van der Waals surface area contributed by atoms with Gasteiger partial charge in [0.15, 0.2) is 5.52 Å². The Morgan fingerprint density at radius 3 is 2.84 bits per heavy atom. The summed E-state index contributed by atoms with van der Waals surface area (Å²) in [4.78, 5) is 13.5. The Hall–Kier alpha value is -2.57. The number of rotatable bonds is 4. The van der Waals surface area contributed by atoms with Gasteiger partial charge in [-0.2, -0.15) is 0 Å². The van der Waals surface area contributed by atoms with Crippen LogP contribution in [0.15, 0.2) is 42.7 Å². The van der Waals surface area contributed by atoms with Crippen molar-refractivity contribution in [1.29, 1.82) is 0 Å². The highest BCUT2D eigenvalue weighted by atomic mass is 16.5. The first-order valence-corrected chi connectivity index (χ1v) is 8.43. The van der Waals surface area contributed by atoms with Crippen LogP contribution in [0.5, 0.6) is 5.88 Å². The number of benzene rings is 1. The number of pyridine rings is 1. The molecule has 3 heterocycles. The quantitative estimate of drug-likeness (QED) is 0.789. The first-order valence-electron chi connectivity index (χ1n) is 8.43. The van der Waals surface area contributed by atoms with Crippen LogP contribution in [0.4, 0.5) is 0 Å². The lowest BCUT2D eigenvalue weighted by Gasteiger charge is -2.23. The van der Waals surface area contributed by atoms with Crippen molar-refractivity contribution in [2.45, 2.75) is 13.0 Å². The lowest BCUT2D eigenvalue weighted by molar-refractivity contribution is -0.000407. The van der Waals surface area contributed by atoms with Gasteiger partial charge in [-0.1, -0.05) is 29.8 Å². The molecule has 0 bridgehead atoms. The molecule has 25 heavy (non-hydrogen) atoms. The molecule has 128 valence electrons. The van der Waals surface area contributed by atoms with E-state index in [9.17, 15) is 0 Å². The van der Waals surface area contributed by atoms with E-state index in [0.717, 1.165) is 29.9 Å². The minimum atomic E-state index is 0.0188. The van der Waals surface area contributed by atoms with Crippen LogP contribution in [0.1, 0.15) is 5.56 Å². The lowest BCUT2D eigenvalue weighted by Crippen LogP contribution is -2.41. The van der Waals surface area contributed by atoms with E-state index in [4.69, 9.17) is 9.47 Å². The maximum atomic E-state index is 5.97. The van der Waals surface area contributed by atoms with Crippen LogP contribution in [-0.2, 0) is 4.74 Å². The number of aromatic nitrogens is 3. The minimum absolute atomic E-state index is 0.0188. The van der Waals surface area contributed by atoms with Gasteiger partial charge in [0.25, 0.3) is 0 Å². The van der Waals surface area contributed by atoms with Gasteiger partial charge in [-0.3, -0.25) is 4.98 Å². The van der Waals surface area contributed by atoms with E-state index >= 15 is 0 Å². The Morgan fingerprint density at radius 1 is 1.20 bits per heavy atom. The molecule has 0 radical (unpaired) electrons. The monoisotopic (exact) mass is 336 g/mol. The predicted molar refractivity (Wildman–Crippen MR) is 95.6 cm³/mol. The summed E-state index contributed by atoms with van der Waals surface area (Å²) in [6, 6.07) is 10.2. The molecule has 1 aliphatic rings. The van der Waals surface area contributed by atoms with Crippen molar-refractivity contribution in [3.63, 3.8) is 0 Å². The zero-order chi connectivity index (χ0) is 17.1. The van der Waals surface area contributed by atoms with Crippen molar-refractivity contribution in [2.24, 2.45) is 0 Å². The van der Waals surface area contributed by atoms with Gasteiger partial charge in [-0.25, -0.2) is 9.97 Å². The average Bonchev–Trinajstić information content (AvgIpc) is 2.67. The van der Waals surface area contributed by atoms with Crippen LogP contribution in [-0.4, -0.2) is 47.4 Å². The molecule has 0 saturated carbocycles. The summed E-state index contributed by atoms with van der Waals surface area (Å²) in [5.41, 5.74) is 4.50. The molecule has 1 aromatic carbocycles. The van der Waals surface area contributed by atoms with E-state index < -0.39 is 0 Å². The Morgan fingerprint density at radius 2 is 2.04 bits per heavy atom. The number of hydrogen-bond donors (Lipinski definition) is 1. The molecule has 1 fully saturated rings.